The minimum atomic E-state index is -1.26. The largest absolute Gasteiger partial charge is 0.495 e. The lowest BCUT2D eigenvalue weighted by molar-refractivity contribution is -0.135. The maximum absolute atomic E-state index is 12.6. The summed E-state index contributed by atoms with van der Waals surface area (Å²) in [4.78, 5) is 25.1. The summed E-state index contributed by atoms with van der Waals surface area (Å²) in [6, 6.07) is 14.2. The first kappa shape index (κ1) is 18.0. The molecule has 2 N–H and O–H groups in total. The molecule has 0 saturated heterocycles. The highest BCUT2D eigenvalue weighted by molar-refractivity contribution is 9.10. The van der Waals surface area contributed by atoms with E-state index >= 15 is 0 Å². The number of para-hydroxylation sites is 2. The fourth-order valence-corrected chi connectivity index (χ4v) is 2.38. The van der Waals surface area contributed by atoms with Crippen molar-refractivity contribution in [2.45, 2.75) is 13.8 Å². The average Bonchev–Trinajstić information content (AvgIpc) is 2.55. The third kappa shape index (κ3) is 4.14. The van der Waals surface area contributed by atoms with Crippen LogP contribution >= 0.6 is 15.9 Å². The average molecular weight is 391 g/mol. The Morgan fingerprint density at radius 3 is 2.33 bits per heavy atom. The number of carbonyl (C=O) groups excluding carboxylic acids is 2. The van der Waals surface area contributed by atoms with Crippen molar-refractivity contribution in [3.8, 4) is 5.75 Å². The van der Waals surface area contributed by atoms with Crippen molar-refractivity contribution in [3.63, 3.8) is 0 Å². The number of benzene rings is 2. The van der Waals surface area contributed by atoms with Gasteiger partial charge in [-0.05, 0) is 44.2 Å². The van der Waals surface area contributed by atoms with Gasteiger partial charge in [-0.2, -0.15) is 0 Å². The summed E-state index contributed by atoms with van der Waals surface area (Å²) < 4.78 is 6.05. The molecule has 126 valence electrons. The molecule has 0 aliphatic rings. The minimum Gasteiger partial charge on any atom is -0.495 e. The van der Waals surface area contributed by atoms with E-state index in [2.05, 4.69) is 26.6 Å². The molecule has 0 atom stereocenters. The van der Waals surface area contributed by atoms with Gasteiger partial charge in [-0.15, -0.1) is 0 Å². The molecule has 0 aliphatic carbocycles. The normalized spacial score (nSPS) is 10.8. The highest BCUT2D eigenvalue weighted by atomic mass is 79.9. The molecule has 2 rings (SSSR count). The second-order valence-corrected chi connectivity index (χ2v) is 6.66. The van der Waals surface area contributed by atoms with E-state index in [1.54, 1.807) is 50.2 Å². The van der Waals surface area contributed by atoms with E-state index in [4.69, 9.17) is 4.74 Å². The Labute approximate surface area is 149 Å². The monoisotopic (exact) mass is 390 g/mol. The smallest absolute Gasteiger partial charge is 0.239 e. The number of ether oxygens (including phenoxy) is 1. The van der Waals surface area contributed by atoms with Gasteiger partial charge in [-0.1, -0.05) is 34.1 Å². The Hall–Kier alpha value is -2.34. The zero-order valence-corrected chi connectivity index (χ0v) is 15.3. The van der Waals surface area contributed by atoms with Crippen LogP contribution in [0.5, 0.6) is 5.75 Å². The number of hydrogen-bond donors (Lipinski definition) is 2. The third-order valence-corrected chi connectivity index (χ3v) is 4.07. The molecular weight excluding hydrogens is 372 g/mol. The lowest BCUT2D eigenvalue weighted by Crippen LogP contribution is -2.41. The molecule has 2 amide bonds. The molecule has 0 saturated carbocycles. The lowest BCUT2D eigenvalue weighted by Gasteiger charge is -2.23. The Bertz CT molecular complexity index is 759. The van der Waals surface area contributed by atoms with Crippen molar-refractivity contribution in [1.82, 2.24) is 0 Å². The number of rotatable bonds is 5. The van der Waals surface area contributed by atoms with E-state index in [0.717, 1.165) is 4.47 Å². The van der Waals surface area contributed by atoms with Crippen LogP contribution < -0.4 is 15.4 Å². The van der Waals surface area contributed by atoms with Gasteiger partial charge < -0.3 is 15.4 Å². The first-order valence-electron chi connectivity index (χ1n) is 7.36. The van der Waals surface area contributed by atoms with E-state index in [-0.39, 0.29) is 0 Å². The zero-order chi connectivity index (χ0) is 17.7. The molecule has 0 bridgehead atoms. The Morgan fingerprint density at radius 2 is 1.67 bits per heavy atom. The summed E-state index contributed by atoms with van der Waals surface area (Å²) in [6.45, 7) is 3.15. The summed E-state index contributed by atoms with van der Waals surface area (Å²) in [6.07, 6.45) is 0. The molecule has 6 heteroatoms. The summed E-state index contributed by atoms with van der Waals surface area (Å²) in [5.74, 6) is -0.276. The lowest BCUT2D eigenvalue weighted by atomic mass is 9.90. The molecule has 0 unspecified atom stereocenters. The number of amides is 2. The van der Waals surface area contributed by atoms with Crippen LogP contribution in [0.15, 0.2) is 53.0 Å². The van der Waals surface area contributed by atoms with Gasteiger partial charge in [0.25, 0.3) is 0 Å². The van der Waals surface area contributed by atoms with Gasteiger partial charge in [0.05, 0.1) is 12.8 Å². The third-order valence-electron chi connectivity index (χ3n) is 3.57. The Kier molecular flexibility index (Phi) is 5.62. The molecule has 0 aromatic heterocycles. The van der Waals surface area contributed by atoms with Gasteiger partial charge in [-0.25, -0.2) is 0 Å². The standard InChI is InChI=1S/C18H19BrN2O3/c1-18(2,16(22)20-13-8-6-7-12(19)11-13)17(23)21-14-9-4-5-10-15(14)24-3/h4-11H,1-3H3,(H,20,22)(H,21,23). The molecule has 0 heterocycles. The van der Waals surface area contributed by atoms with E-state index in [1.165, 1.54) is 7.11 Å². The van der Waals surface area contributed by atoms with Crippen LogP contribution in [0, 0.1) is 5.41 Å². The summed E-state index contributed by atoms with van der Waals surface area (Å²) >= 11 is 3.35. The van der Waals surface area contributed by atoms with Crippen LogP contribution in [0.2, 0.25) is 0 Å². The number of hydrogen-bond acceptors (Lipinski definition) is 3. The highest BCUT2D eigenvalue weighted by Gasteiger charge is 2.36. The van der Waals surface area contributed by atoms with E-state index < -0.39 is 17.2 Å². The van der Waals surface area contributed by atoms with Gasteiger partial charge in [-0.3, -0.25) is 9.59 Å². The molecule has 2 aromatic carbocycles. The van der Waals surface area contributed by atoms with Crippen molar-refractivity contribution in [3.05, 3.63) is 53.0 Å². The highest BCUT2D eigenvalue weighted by Crippen LogP contribution is 2.27. The molecule has 0 aliphatic heterocycles. The SMILES string of the molecule is COc1ccccc1NC(=O)C(C)(C)C(=O)Nc1cccc(Br)c1. The van der Waals surface area contributed by atoms with Gasteiger partial charge in [0.15, 0.2) is 0 Å². The van der Waals surface area contributed by atoms with Crippen molar-refractivity contribution >= 4 is 39.1 Å². The fourth-order valence-electron chi connectivity index (χ4n) is 1.98. The molecule has 5 nitrogen and oxygen atoms in total. The quantitative estimate of drug-likeness (QED) is 0.756. The van der Waals surface area contributed by atoms with Crippen LogP contribution in [-0.4, -0.2) is 18.9 Å². The van der Waals surface area contributed by atoms with Crippen molar-refractivity contribution in [2.24, 2.45) is 5.41 Å². The van der Waals surface area contributed by atoms with E-state index in [1.807, 2.05) is 12.1 Å². The van der Waals surface area contributed by atoms with Crippen LogP contribution in [0.3, 0.4) is 0 Å². The summed E-state index contributed by atoms with van der Waals surface area (Å²) in [5.41, 5.74) is -0.121. The maximum Gasteiger partial charge on any atom is 0.239 e. The van der Waals surface area contributed by atoms with Gasteiger partial charge in [0.2, 0.25) is 11.8 Å². The van der Waals surface area contributed by atoms with Crippen LogP contribution in [0.25, 0.3) is 0 Å². The van der Waals surface area contributed by atoms with Gasteiger partial charge in [0, 0.05) is 10.2 Å². The second-order valence-electron chi connectivity index (χ2n) is 5.74. The van der Waals surface area contributed by atoms with Gasteiger partial charge in [0.1, 0.15) is 11.2 Å². The molecular formula is C18H19BrN2O3. The minimum absolute atomic E-state index is 0.395. The van der Waals surface area contributed by atoms with Crippen molar-refractivity contribution < 1.29 is 14.3 Å². The topological polar surface area (TPSA) is 67.4 Å². The van der Waals surface area contributed by atoms with E-state index in [9.17, 15) is 9.59 Å². The van der Waals surface area contributed by atoms with Crippen LogP contribution in [0.4, 0.5) is 11.4 Å². The summed E-state index contributed by atoms with van der Waals surface area (Å²) in [7, 11) is 1.52. The Morgan fingerprint density at radius 1 is 1.00 bits per heavy atom. The van der Waals surface area contributed by atoms with Crippen molar-refractivity contribution in [1.29, 1.82) is 0 Å². The fraction of sp³-hybridized carbons (Fsp3) is 0.222. The van der Waals surface area contributed by atoms with Crippen LogP contribution in [0.1, 0.15) is 13.8 Å². The first-order chi connectivity index (χ1) is 11.3. The second kappa shape index (κ2) is 7.49. The van der Waals surface area contributed by atoms with Crippen LogP contribution in [-0.2, 0) is 9.59 Å². The number of anilines is 2. The zero-order valence-electron chi connectivity index (χ0n) is 13.7. The predicted molar refractivity (Wildman–Crippen MR) is 98.2 cm³/mol. The number of carbonyl (C=O) groups is 2. The molecule has 0 fully saturated rings. The molecule has 0 spiro atoms. The molecule has 0 radical (unpaired) electrons. The number of methoxy groups -OCH3 is 1. The van der Waals surface area contributed by atoms with Gasteiger partial charge >= 0.3 is 0 Å². The first-order valence-corrected chi connectivity index (χ1v) is 8.15. The molecule has 24 heavy (non-hydrogen) atoms. The van der Waals surface area contributed by atoms with E-state index in [0.29, 0.717) is 17.1 Å². The predicted octanol–water partition coefficient (Wildman–Crippen LogP) is 4.06. The molecule has 2 aromatic rings. The van der Waals surface area contributed by atoms with Crippen molar-refractivity contribution in [2.75, 3.05) is 17.7 Å². The Balaban J connectivity index is 2.13. The summed E-state index contributed by atoms with van der Waals surface area (Å²) in [5, 5.41) is 5.50. The number of halogens is 1. The number of nitrogens with one attached hydrogen (secondary N) is 2. The maximum atomic E-state index is 12.6.